The predicted molar refractivity (Wildman–Crippen MR) is 66.1 cm³/mol. The number of ether oxygens (including phenoxy) is 1. The Labute approximate surface area is 102 Å². The highest BCUT2D eigenvalue weighted by molar-refractivity contribution is 5.77. The third-order valence-corrected chi connectivity index (χ3v) is 2.56. The molecule has 0 saturated heterocycles. The normalized spacial score (nSPS) is 10.1. The SMILES string of the molecule is Cc1ccc(C)c(OCC(=O)N(C)CCO)c1. The minimum absolute atomic E-state index is 0.000787. The van der Waals surface area contributed by atoms with Crippen LogP contribution in [0.4, 0.5) is 0 Å². The van der Waals surface area contributed by atoms with Crippen molar-refractivity contribution >= 4 is 5.91 Å². The number of likely N-dealkylation sites (N-methyl/N-ethyl adjacent to an activating group) is 1. The van der Waals surface area contributed by atoms with E-state index in [4.69, 9.17) is 9.84 Å². The minimum Gasteiger partial charge on any atom is -0.483 e. The van der Waals surface area contributed by atoms with Crippen LogP contribution < -0.4 is 4.74 Å². The van der Waals surface area contributed by atoms with Gasteiger partial charge in [-0.2, -0.15) is 0 Å². The molecule has 0 atom stereocenters. The van der Waals surface area contributed by atoms with Gasteiger partial charge in [-0.15, -0.1) is 0 Å². The zero-order valence-corrected chi connectivity index (χ0v) is 10.6. The number of carbonyl (C=O) groups is 1. The topological polar surface area (TPSA) is 49.8 Å². The highest BCUT2D eigenvalue weighted by atomic mass is 16.5. The summed E-state index contributed by atoms with van der Waals surface area (Å²) in [4.78, 5) is 13.0. The number of amides is 1. The lowest BCUT2D eigenvalue weighted by molar-refractivity contribution is -0.132. The second-order valence-corrected chi connectivity index (χ2v) is 4.10. The molecule has 4 nitrogen and oxygen atoms in total. The van der Waals surface area contributed by atoms with Crippen molar-refractivity contribution in [1.82, 2.24) is 4.90 Å². The number of benzene rings is 1. The van der Waals surface area contributed by atoms with E-state index in [1.807, 2.05) is 32.0 Å². The van der Waals surface area contributed by atoms with E-state index in [1.165, 1.54) is 4.90 Å². The minimum atomic E-state index is -0.139. The fourth-order valence-electron chi connectivity index (χ4n) is 1.39. The molecule has 1 amide bonds. The van der Waals surface area contributed by atoms with E-state index in [-0.39, 0.29) is 19.1 Å². The van der Waals surface area contributed by atoms with Crippen molar-refractivity contribution in [1.29, 1.82) is 0 Å². The van der Waals surface area contributed by atoms with Gasteiger partial charge in [0, 0.05) is 13.6 Å². The first-order valence-corrected chi connectivity index (χ1v) is 5.59. The molecule has 0 saturated carbocycles. The Balaban J connectivity index is 2.55. The van der Waals surface area contributed by atoms with Gasteiger partial charge in [0.05, 0.1) is 6.61 Å². The molecule has 0 spiro atoms. The summed E-state index contributed by atoms with van der Waals surface area (Å²) in [5, 5.41) is 8.72. The molecule has 1 aromatic carbocycles. The van der Waals surface area contributed by atoms with Crippen molar-refractivity contribution in [2.75, 3.05) is 26.8 Å². The van der Waals surface area contributed by atoms with E-state index >= 15 is 0 Å². The first kappa shape index (κ1) is 13.5. The number of aliphatic hydroxyl groups excluding tert-OH is 1. The molecule has 0 unspecified atom stereocenters. The highest BCUT2D eigenvalue weighted by Crippen LogP contribution is 2.18. The van der Waals surface area contributed by atoms with E-state index in [1.54, 1.807) is 7.05 Å². The summed E-state index contributed by atoms with van der Waals surface area (Å²) in [5.74, 6) is 0.593. The molecule has 94 valence electrons. The van der Waals surface area contributed by atoms with Gasteiger partial charge in [-0.1, -0.05) is 12.1 Å². The van der Waals surface area contributed by atoms with Gasteiger partial charge in [0.25, 0.3) is 5.91 Å². The van der Waals surface area contributed by atoms with Crippen LogP contribution in [-0.4, -0.2) is 42.7 Å². The molecule has 1 aromatic rings. The number of aryl methyl sites for hydroxylation is 2. The second kappa shape index (κ2) is 6.25. The van der Waals surface area contributed by atoms with Crippen molar-refractivity contribution in [3.63, 3.8) is 0 Å². The average Bonchev–Trinajstić information content (AvgIpc) is 2.30. The van der Waals surface area contributed by atoms with Gasteiger partial charge in [0.15, 0.2) is 6.61 Å². The number of hydrogen-bond donors (Lipinski definition) is 1. The van der Waals surface area contributed by atoms with Crippen molar-refractivity contribution in [2.24, 2.45) is 0 Å². The summed E-state index contributed by atoms with van der Waals surface area (Å²) in [7, 11) is 1.64. The number of rotatable bonds is 5. The average molecular weight is 237 g/mol. The smallest absolute Gasteiger partial charge is 0.260 e. The van der Waals surface area contributed by atoms with Gasteiger partial charge in [0.2, 0.25) is 0 Å². The molecular weight excluding hydrogens is 218 g/mol. The first-order chi connectivity index (χ1) is 8.04. The number of aliphatic hydroxyl groups is 1. The van der Waals surface area contributed by atoms with Crippen LogP contribution in [0.25, 0.3) is 0 Å². The zero-order chi connectivity index (χ0) is 12.8. The number of nitrogens with zero attached hydrogens (tertiary/aromatic N) is 1. The maximum absolute atomic E-state index is 11.6. The van der Waals surface area contributed by atoms with E-state index in [0.717, 1.165) is 16.9 Å². The quantitative estimate of drug-likeness (QED) is 0.835. The van der Waals surface area contributed by atoms with Crippen LogP contribution in [0.15, 0.2) is 18.2 Å². The summed E-state index contributed by atoms with van der Waals surface area (Å²) in [6, 6.07) is 5.88. The van der Waals surface area contributed by atoms with Gasteiger partial charge in [-0.3, -0.25) is 4.79 Å². The maximum Gasteiger partial charge on any atom is 0.260 e. The molecule has 1 N–H and O–H groups in total. The van der Waals surface area contributed by atoms with Crippen molar-refractivity contribution in [3.8, 4) is 5.75 Å². The molecule has 0 aromatic heterocycles. The largest absolute Gasteiger partial charge is 0.483 e. The fourth-order valence-corrected chi connectivity index (χ4v) is 1.39. The van der Waals surface area contributed by atoms with E-state index in [0.29, 0.717) is 6.54 Å². The number of carbonyl (C=O) groups excluding carboxylic acids is 1. The Kier molecular flexibility index (Phi) is 4.97. The van der Waals surface area contributed by atoms with Crippen molar-refractivity contribution < 1.29 is 14.6 Å². The summed E-state index contributed by atoms with van der Waals surface area (Å²) in [6.07, 6.45) is 0. The van der Waals surface area contributed by atoms with Crippen LogP contribution in [-0.2, 0) is 4.79 Å². The van der Waals surface area contributed by atoms with Crippen LogP contribution in [0.1, 0.15) is 11.1 Å². The zero-order valence-electron chi connectivity index (χ0n) is 10.6. The van der Waals surface area contributed by atoms with Crippen molar-refractivity contribution in [2.45, 2.75) is 13.8 Å². The summed E-state index contributed by atoms with van der Waals surface area (Å²) < 4.78 is 5.47. The monoisotopic (exact) mass is 237 g/mol. The van der Waals surface area contributed by atoms with Crippen LogP contribution >= 0.6 is 0 Å². The molecule has 0 aliphatic carbocycles. The third kappa shape index (κ3) is 4.07. The first-order valence-electron chi connectivity index (χ1n) is 5.59. The lowest BCUT2D eigenvalue weighted by Gasteiger charge is -2.16. The third-order valence-electron chi connectivity index (χ3n) is 2.56. The Morgan fingerprint density at radius 3 is 2.76 bits per heavy atom. The van der Waals surface area contributed by atoms with Gasteiger partial charge in [-0.25, -0.2) is 0 Å². The summed E-state index contributed by atoms with van der Waals surface area (Å²) in [6.45, 7) is 4.21. The fraction of sp³-hybridized carbons (Fsp3) is 0.462. The van der Waals surface area contributed by atoms with Gasteiger partial charge < -0.3 is 14.7 Å². The summed E-state index contributed by atoms with van der Waals surface area (Å²) in [5.41, 5.74) is 2.11. The molecule has 0 fully saturated rings. The van der Waals surface area contributed by atoms with Gasteiger partial charge in [-0.05, 0) is 31.0 Å². The Morgan fingerprint density at radius 2 is 2.12 bits per heavy atom. The molecule has 0 bridgehead atoms. The van der Waals surface area contributed by atoms with Crippen LogP contribution in [0.5, 0.6) is 5.75 Å². The van der Waals surface area contributed by atoms with Crippen LogP contribution in [0.3, 0.4) is 0 Å². The van der Waals surface area contributed by atoms with Gasteiger partial charge >= 0.3 is 0 Å². The molecule has 0 heterocycles. The maximum atomic E-state index is 11.6. The molecular formula is C13H19NO3. The van der Waals surface area contributed by atoms with Crippen LogP contribution in [0, 0.1) is 13.8 Å². The molecule has 4 heteroatoms. The standard InChI is InChI=1S/C13H19NO3/c1-10-4-5-11(2)12(8-10)17-9-13(16)14(3)6-7-15/h4-5,8,15H,6-7,9H2,1-3H3. The van der Waals surface area contributed by atoms with E-state index in [2.05, 4.69) is 0 Å². The molecule has 17 heavy (non-hydrogen) atoms. The van der Waals surface area contributed by atoms with Crippen LogP contribution in [0.2, 0.25) is 0 Å². The molecule has 1 rings (SSSR count). The lowest BCUT2D eigenvalue weighted by atomic mass is 10.1. The predicted octanol–water partition coefficient (Wildman–Crippen LogP) is 1.13. The molecule has 0 aliphatic rings. The van der Waals surface area contributed by atoms with E-state index in [9.17, 15) is 4.79 Å². The Morgan fingerprint density at radius 1 is 1.41 bits per heavy atom. The second-order valence-electron chi connectivity index (χ2n) is 4.10. The van der Waals surface area contributed by atoms with Gasteiger partial charge in [0.1, 0.15) is 5.75 Å². The summed E-state index contributed by atoms with van der Waals surface area (Å²) >= 11 is 0. The molecule has 0 radical (unpaired) electrons. The highest BCUT2D eigenvalue weighted by Gasteiger charge is 2.09. The van der Waals surface area contributed by atoms with Crippen molar-refractivity contribution in [3.05, 3.63) is 29.3 Å². The lowest BCUT2D eigenvalue weighted by Crippen LogP contribution is -2.33. The Bertz CT molecular complexity index is 390. The number of hydrogen-bond acceptors (Lipinski definition) is 3. The molecule has 0 aliphatic heterocycles. The Hall–Kier alpha value is -1.55. The van der Waals surface area contributed by atoms with E-state index < -0.39 is 0 Å².